The van der Waals surface area contributed by atoms with Crippen molar-refractivity contribution in [3.05, 3.63) is 23.8 Å². The van der Waals surface area contributed by atoms with Crippen LogP contribution in [0.2, 0.25) is 0 Å². The lowest BCUT2D eigenvalue weighted by Crippen LogP contribution is -2.38. The predicted octanol–water partition coefficient (Wildman–Crippen LogP) is 1.28. The molecule has 100 valence electrons. The highest BCUT2D eigenvalue weighted by Gasteiger charge is 2.21. The number of methoxy groups -OCH3 is 1. The van der Waals surface area contributed by atoms with E-state index in [0.29, 0.717) is 0 Å². The van der Waals surface area contributed by atoms with Gasteiger partial charge in [-0.1, -0.05) is 6.07 Å². The number of ether oxygens (including phenoxy) is 1. The topological polar surface area (TPSA) is 55.6 Å². The standard InChI is InChI=1S/C13H20N2O2S/c1-10(14)13-11(4-3-5-12(13)17-2)15-6-8-18(16)9-7-15/h3-5,10H,6-9,14H2,1-2H3. The quantitative estimate of drug-likeness (QED) is 0.897. The fraction of sp³-hybridized carbons (Fsp3) is 0.538. The van der Waals surface area contributed by atoms with E-state index in [1.54, 1.807) is 7.11 Å². The molecule has 1 aliphatic heterocycles. The Morgan fingerprint density at radius 3 is 2.61 bits per heavy atom. The van der Waals surface area contributed by atoms with Crippen LogP contribution in [-0.2, 0) is 10.8 Å². The molecule has 1 fully saturated rings. The summed E-state index contributed by atoms with van der Waals surface area (Å²) in [4.78, 5) is 2.25. The molecule has 4 nitrogen and oxygen atoms in total. The lowest BCUT2D eigenvalue weighted by Gasteiger charge is -2.31. The van der Waals surface area contributed by atoms with Gasteiger partial charge in [-0.25, -0.2) is 0 Å². The average molecular weight is 268 g/mol. The van der Waals surface area contributed by atoms with E-state index < -0.39 is 10.8 Å². The maximum Gasteiger partial charge on any atom is 0.125 e. The molecule has 2 rings (SSSR count). The predicted molar refractivity (Wildman–Crippen MR) is 75.7 cm³/mol. The minimum Gasteiger partial charge on any atom is -0.496 e. The third kappa shape index (κ3) is 2.67. The molecule has 5 heteroatoms. The molecule has 0 radical (unpaired) electrons. The van der Waals surface area contributed by atoms with Crippen molar-refractivity contribution in [1.29, 1.82) is 0 Å². The second-order valence-electron chi connectivity index (χ2n) is 4.52. The van der Waals surface area contributed by atoms with Crippen molar-refractivity contribution >= 4 is 16.5 Å². The van der Waals surface area contributed by atoms with Crippen LogP contribution in [0, 0.1) is 0 Å². The summed E-state index contributed by atoms with van der Waals surface area (Å²) < 4.78 is 16.8. The molecule has 0 aliphatic carbocycles. The van der Waals surface area contributed by atoms with Crippen LogP contribution in [0.3, 0.4) is 0 Å². The van der Waals surface area contributed by atoms with E-state index in [0.717, 1.165) is 41.6 Å². The van der Waals surface area contributed by atoms with Crippen LogP contribution in [0.1, 0.15) is 18.5 Å². The van der Waals surface area contributed by atoms with Gasteiger partial charge >= 0.3 is 0 Å². The van der Waals surface area contributed by atoms with E-state index in [1.807, 2.05) is 19.1 Å². The van der Waals surface area contributed by atoms with Crippen LogP contribution in [0.15, 0.2) is 18.2 Å². The number of rotatable bonds is 3. The van der Waals surface area contributed by atoms with Gasteiger partial charge in [0.15, 0.2) is 0 Å². The van der Waals surface area contributed by atoms with Gasteiger partial charge in [0.2, 0.25) is 0 Å². The molecule has 0 aromatic heterocycles. The maximum atomic E-state index is 11.4. The first kappa shape index (κ1) is 13.4. The molecular formula is C13H20N2O2S. The van der Waals surface area contributed by atoms with Crippen LogP contribution in [0.25, 0.3) is 0 Å². The van der Waals surface area contributed by atoms with Crippen LogP contribution in [0.4, 0.5) is 5.69 Å². The first-order valence-corrected chi connectivity index (χ1v) is 7.64. The first-order chi connectivity index (χ1) is 8.63. The number of benzene rings is 1. The van der Waals surface area contributed by atoms with Crippen molar-refractivity contribution in [2.24, 2.45) is 5.73 Å². The number of hydrogen-bond donors (Lipinski definition) is 1. The van der Waals surface area contributed by atoms with E-state index in [-0.39, 0.29) is 6.04 Å². The summed E-state index contributed by atoms with van der Waals surface area (Å²) in [7, 11) is 1.000. The molecule has 1 aromatic rings. The Bertz CT molecular complexity index is 439. The molecule has 2 N–H and O–H groups in total. The van der Waals surface area contributed by atoms with Crippen LogP contribution >= 0.6 is 0 Å². The summed E-state index contributed by atoms with van der Waals surface area (Å²) in [6.07, 6.45) is 0. The summed E-state index contributed by atoms with van der Waals surface area (Å²) in [5.74, 6) is 2.29. The minimum absolute atomic E-state index is 0.0800. The lowest BCUT2D eigenvalue weighted by molar-refractivity contribution is 0.407. The fourth-order valence-electron chi connectivity index (χ4n) is 2.32. The third-order valence-electron chi connectivity index (χ3n) is 3.24. The Labute approximate surface area is 111 Å². The fourth-order valence-corrected chi connectivity index (χ4v) is 3.37. The van der Waals surface area contributed by atoms with Gasteiger partial charge < -0.3 is 15.4 Å². The Kier molecular flexibility index (Phi) is 4.24. The molecule has 0 spiro atoms. The number of nitrogens with zero attached hydrogens (tertiary/aromatic N) is 1. The summed E-state index contributed by atoms with van der Waals surface area (Å²) >= 11 is 0. The van der Waals surface area contributed by atoms with E-state index >= 15 is 0 Å². The summed E-state index contributed by atoms with van der Waals surface area (Å²) in [5.41, 5.74) is 8.21. The van der Waals surface area contributed by atoms with Gasteiger partial charge in [0.25, 0.3) is 0 Å². The molecule has 0 amide bonds. The molecule has 1 aliphatic rings. The third-order valence-corrected chi connectivity index (χ3v) is 4.51. The zero-order valence-electron chi connectivity index (χ0n) is 10.9. The van der Waals surface area contributed by atoms with Crippen LogP contribution in [0.5, 0.6) is 5.75 Å². The van der Waals surface area contributed by atoms with E-state index in [1.165, 1.54) is 0 Å². The number of anilines is 1. The monoisotopic (exact) mass is 268 g/mol. The molecule has 0 saturated carbocycles. The van der Waals surface area contributed by atoms with E-state index in [2.05, 4.69) is 11.0 Å². The lowest BCUT2D eigenvalue weighted by atomic mass is 10.0. The van der Waals surface area contributed by atoms with Crippen molar-refractivity contribution in [2.75, 3.05) is 36.6 Å². The van der Waals surface area contributed by atoms with Crippen molar-refractivity contribution in [1.82, 2.24) is 0 Å². The number of hydrogen-bond acceptors (Lipinski definition) is 4. The van der Waals surface area contributed by atoms with Gasteiger partial charge in [0.05, 0.1) is 7.11 Å². The van der Waals surface area contributed by atoms with Crippen molar-refractivity contribution in [3.8, 4) is 5.75 Å². The van der Waals surface area contributed by atoms with Gasteiger partial charge in [0, 0.05) is 52.7 Å². The number of nitrogens with two attached hydrogens (primary N) is 1. The highest BCUT2D eigenvalue weighted by atomic mass is 32.2. The SMILES string of the molecule is COc1cccc(N2CCS(=O)CC2)c1C(C)N. The molecule has 1 saturated heterocycles. The molecule has 1 aromatic carbocycles. The molecule has 1 atom stereocenters. The largest absolute Gasteiger partial charge is 0.496 e. The average Bonchev–Trinajstić information content (AvgIpc) is 2.38. The van der Waals surface area contributed by atoms with Gasteiger partial charge in [-0.3, -0.25) is 4.21 Å². The summed E-state index contributed by atoms with van der Waals surface area (Å²) in [6, 6.07) is 5.90. The smallest absolute Gasteiger partial charge is 0.125 e. The van der Waals surface area contributed by atoms with Crippen molar-refractivity contribution in [3.63, 3.8) is 0 Å². The van der Waals surface area contributed by atoms with Gasteiger partial charge in [-0.05, 0) is 19.1 Å². The Balaban J connectivity index is 2.34. The van der Waals surface area contributed by atoms with Gasteiger partial charge in [-0.2, -0.15) is 0 Å². The van der Waals surface area contributed by atoms with Crippen molar-refractivity contribution in [2.45, 2.75) is 13.0 Å². The minimum atomic E-state index is -0.663. The highest BCUT2D eigenvalue weighted by molar-refractivity contribution is 7.85. The first-order valence-electron chi connectivity index (χ1n) is 6.16. The van der Waals surface area contributed by atoms with Crippen LogP contribution < -0.4 is 15.4 Å². The van der Waals surface area contributed by atoms with Crippen molar-refractivity contribution < 1.29 is 8.95 Å². The zero-order chi connectivity index (χ0) is 13.1. The normalized spacial score (nSPS) is 18.7. The zero-order valence-corrected chi connectivity index (χ0v) is 11.7. The van der Waals surface area contributed by atoms with E-state index in [9.17, 15) is 4.21 Å². The summed E-state index contributed by atoms with van der Waals surface area (Å²) in [6.45, 7) is 3.60. The molecule has 0 bridgehead atoms. The van der Waals surface area contributed by atoms with E-state index in [4.69, 9.17) is 10.5 Å². The van der Waals surface area contributed by atoms with Gasteiger partial charge in [0.1, 0.15) is 5.75 Å². The molecule has 1 heterocycles. The Morgan fingerprint density at radius 1 is 1.39 bits per heavy atom. The molecule has 18 heavy (non-hydrogen) atoms. The maximum absolute atomic E-state index is 11.4. The molecule has 1 unspecified atom stereocenters. The second-order valence-corrected chi connectivity index (χ2v) is 6.21. The Hall–Kier alpha value is -1.07. The Morgan fingerprint density at radius 2 is 2.06 bits per heavy atom. The highest BCUT2D eigenvalue weighted by Crippen LogP contribution is 2.34. The van der Waals surface area contributed by atoms with Gasteiger partial charge in [-0.15, -0.1) is 0 Å². The second kappa shape index (κ2) is 5.71. The summed E-state index contributed by atoms with van der Waals surface area (Å²) in [5, 5.41) is 0. The molecular weight excluding hydrogens is 248 g/mol. The van der Waals surface area contributed by atoms with Crippen LogP contribution in [-0.4, -0.2) is 35.9 Å².